The lowest BCUT2D eigenvalue weighted by Crippen LogP contribution is -2.48. The molecule has 80 heavy (non-hydrogen) atoms. The molecule has 1 fully saturated rings. The number of nitrogens with two attached hydrogens (primary N) is 2. The zero-order valence-electron chi connectivity index (χ0n) is 41.9. The predicted molar refractivity (Wildman–Crippen MR) is 285 cm³/mol. The molecule has 30 nitrogen and oxygen atoms in total. The summed E-state index contributed by atoms with van der Waals surface area (Å²) < 4.78 is 59.8. The smallest absolute Gasteiger partial charge is 0.481 e. The third-order valence-corrected chi connectivity index (χ3v) is 17.9. The number of nitrogens with zero attached hydrogens (tertiary/aromatic N) is 3. The van der Waals surface area contributed by atoms with Gasteiger partial charge in [-0.1, -0.05) is 88.4 Å². The number of carbonyl (C=O) groups is 6. The maximum Gasteiger partial charge on any atom is 0.490 e. The highest BCUT2D eigenvalue weighted by Gasteiger charge is 2.43. The second kappa shape index (κ2) is 28.5. The van der Waals surface area contributed by atoms with Crippen molar-refractivity contribution in [2.24, 2.45) is 0 Å². The van der Waals surface area contributed by atoms with Gasteiger partial charge in [0.15, 0.2) is 5.65 Å². The summed E-state index contributed by atoms with van der Waals surface area (Å²) in [5.74, 6) is 1.05. The molecule has 7 unspecified atom stereocenters. The first-order valence-corrected chi connectivity index (χ1v) is 31.0. The summed E-state index contributed by atoms with van der Waals surface area (Å²) in [4.78, 5) is 119. The summed E-state index contributed by atoms with van der Waals surface area (Å²) in [6, 6.07) is 12.9. The van der Waals surface area contributed by atoms with E-state index in [1.807, 2.05) is 48.5 Å². The Hall–Kier alpha value is -6.13. The van der Waals surface area contributed by atoms with Crippen LogP contribution < -0.4 is 32.7 Å². The minimum Gasteiger partial charge on any atom is -0.481 e. The summed E-state index contributed by atoms with van der Waals surface area (Å²) in [6.45, 7) is -0.914. The van der Waals surface area contributed by atoms with Gasteiger partial charge in [-0.25, -0.2) is 23.3 Å². The molecule has 1 saturated heterocycles. The molecule has 4 amide bonds. The Morgan fingerprint density at radius 1 is 0.825 bits per heavy atom. The van der Waals surface area contributed by atoms with E-state index < -0.39 is 96.9 Å². The number of aromatic nitrogens is 3. The van der Waals surface area contributed by atoms with Gasteiger partial charge in [0.2, 0.25) is 23.7 Å². The molecule has 15 N–H and O–H groups in total. The first kappa shape index (κ1) is 63.1. The van der Waals surface area contributed by atoms with Crippen molar-refractivity contribution < 1.29 is 100.0 Å². The second-order valence-electron chi connectivity index (χ2n) is 17.6. The Balaban J connectivity index is 0.986. The lowest BCUT2D eigenvalue weighted by atomic mass is 9.98. The lowest BCUT2D eigenvalue weighted by Gasteiger charge is -2.19. The Morgan fingerprint density at radius 3 is 2.17 bits per heavy atom. The third kappa shape index (κ3) is 18.7. The van der Waals surface area contributed by atoms with Crippen molar-refractivity contribution in [1.82, 2.24) is 35.8 Å². The molecule has 6 rings (SSSR count). The number of anilines is 2. The molecule has 2 aromatic heterocycles. The summed E-state index contributed by atoms with van der Waals surface area (Å²) >= 11 is 0. The van der Waals surface area contributed by atoms with Crippen LogP contribution in [-0.4, -0.2) is 147 Å². The number of amides is 4. The first-order valence-electron chi connectivity index (χ1n) is 24.0. The number of phosphoric acid groups is 3. The van der Waals surface area contributed by atoms with Crippen molar-refractivity contribution >= 4 is 104 Å². The van der Waals surface area contributed by atoms with Gasteiger partial charge in [0.05, 0.1) is 36.6 Å². The number of hydrogen-bond donors (Lipinski definition) is 13. The number of alkyl carbamates (subject to hydrolysis) is 1. The van der Waals surface area contributed by atoms with Crippen molar-refractivity contribution in [3.63, 3.8) is 0 Å². The maximum atomic E-state index is 13.5. The molecule has 0 spiro atoms. The zero-order valence-corrected chi connectivity index (χ0v) is 46.2. The predicted octanol–water partition coefficient (Wildman–Crippen LogP) is 2.45. The minimum absolute atomic E-state index is 0.00354. The molecular formula is C45H56N9O21P3S2. The van der Waals surface area contributed by atoms with E-state index in [1.54, 1.807) is 0 Å². The van der Waals surface area contributed by atoms with E-state index in [2.05, 4.69) is 56.2 Å². The van der Waals surface area contributed by atoms with Crippen LogP contribution in [0.15, 0.2) is 54.7 Å². The average Bonchev–Trinajstić information content (AvgIpc) is 4.04. The van der Waals surface area contributed by atoms with Gasteiger partial charge in [0.25, 0.3) is 0 Å². The van der Waals surface area contributed by atoms with Crippen molar-refractivity contribution in [3.8, 4) is 23.0 Å². The third-order valence-electron chi connectivity index (χ3n) is 11.7. The van der Waals surface area contributed by atoms with Crippen LogP contribution in [0.4, 0.5) is 16.6 Å². The topological polar surface area (TPSA) is 472 Å². The molecule has 0 bridgehead atoms. The van der Waals surface area contributed by atoms with Gasteiger partial charge >= 0.3 is 41.5 Å². The number of carbonyl (C=O) groups excluding carboxylic acids is 4. The summed E-state index contributed by atoms with van der Waals surface area (Å²) in [7, 11) is -14.5. The molecule has 4 aromatic rings. The van der Waals surface area contributed by atoms with E-state index >= 15 is 0 Å². The van der Waals surface area contributed by atoms with Crippen molar-refractivity contribution in [1.29, 1.82) is 0 Å². The number of nitrogen functional groups attached to an aromatic ring is 2. The number of carboxylic acids is 2. The second-order valence-corrected chi connectivity index (χ2v) is 24.6. The van der Waals surface area contributed by atoms with Gasteiger partial charge in [-0.3, -0.25) is 23.7 Å². The molecule has 7 atom stereocenters. The average molecular weight is 1220 g/mol. The largest absolute Gasteiger partial charge is 0.490 e. The summed E-state index contributed by atoms with van der Waals surface area (Å²) in [6.07, 6.45) is -3.06. The van der Waals surface area contributed by atoms with Crippen LogP contribution in [0.3, 0.4) is 0 Å². The number of phosphoric ester groups is 1. The number of aliphatic hydroxyl groups excluding tert-OH is 1. The fourth-order valence-electron chi connectivity index (χ4n) is 8.22. The molecule has 434 valence electrons. The Morgan fingerprint density at radius 2 is 1.51 bits per heavy atom. The van der Waals surface area contributed by atoms with E-state index in [0.717, 1.165) is 22.3 Å². The number of fused-ring (bicyclic) bond motifs is 4. The molecule has 35 heteroatoms. The monoisotopic (exact) mass is 1220 g/mol. The van der Waals surface area contributed by atoms with Gasteiger partial charge in [0.1, 0.15) is 36.8 Å². The molecule has 2 aliphatic rings. The highest BCUT2D eigenvalue weighted by molar-refractivity contribution is 8.76. The number of unbranched alkanes of at least 4 members (excludes halogenated alkanes) is 2. The lowest BCUT2D eigenvalue weighted by molar-refractivity contribution is -0.147. The first-order chi connectivity index (χ1) is 37.8. The van der Waals surface area contributed by atoms with E-state index in [-0.39, 0.29) is 90.7 Å². The fourth-order valence-corrected chi connectivity index (χ4v) is 13.4. The Bertz CT molecular complexity index is 3110. The van der Waals surface area contributed by atoms with Crippen LogP contribution in [0.5, 0.6) is 0 Å². The molecule has 0 radical (unpaired) electrons. The summed E-state index contributed by atoms with van der Waals surface area (Å²) in [5.41, 5.74) is 16.4. The van der Waals surface area contributed by atoms with Crippen LogP contribution in [0.1, 0.15) is 73.8 Å². The molecule has 1 aliphatic carbocycles. The van der Waals surface area contributed by atoms with E-state index in [0.29, 0.717) is 19.3 Å². The van der Waals surface area contributed by atoms with E-state index in [1.165, 1.54) is 32.4 Å². The number of benzene rings is 2. The van der Waals surface area contributed by atoms with Crippen LogP contribution in [0.25, 0.3) is 22.2 Å². The van der Waals surface area contributed by atoms with Crippen LogP contribution >= 0.6 is 45.1 Å². The minimum atomic E-state index is -5.80. The molecular weight excluding hydrogens is 1160 g/mol. The molecule has 0 saturated carbocycles. The molecule has 1 aliphatic heterocycles. The SMILES string of the molecule is Nc1nc(N)c2c(C#CCNC(=O)CCSSCC(NC(=O)OCC3c4ccccc4-c4ccccc43)C(=O)NCCCCCC(=O)NC(CC(=O)O)C(=O)O)cn(C3CC(O)C(COP(=O)(O)OP(=O)(O)OP(=O)(O)O)O3)c2n1. The Kier molecular flexibility index (Phi) is 22.5. The fraction of sp³-hybridized carbons (Fsp3) is 0.422. The van der Waals surface area contributed by atoms with Crippen molar-refractivity contribution in [3.05, 3.63) is 71.4 Å². The number of ether oxygens (including phenoxy) is 2. The standard InChI is InChI=1S/C45H56N9O21P3S2/c46-40-39-25(21-54(41(39)53-44(47)52-40)37-20-33(55)34(73-37)23-72-77(67,68)75-78(69,70)74-76(64,65)66)9-8-17-48-35(56)15-18-79-80-24-32(42(60)49-16-7-1-2-14-36(57)50-31(43(61)62)19-38(58)59)51-45(63)71-22-30-28-12-5-3-10-26(28)27-11-4-6-13-29(27)30/h3-6,10-13,21,30-34,37,55H,1-2,7,14-20,22-24H2,(H,48,56)(H,49,60)(H,50,57)(H,51,63)(H,58,59)(H,61,62)(H,67,68)(H,69,70)(H2,64,65,66)(H4,46,47,52,53). The Labute approximate surface area is 462 Å². The van der Waals surface area contributed by atoms with Gasteiger partial charge < -0.3 is 81.7 Å². The van der Waals surface area contributed by atoms with Gasteiger partial charge in [-0.15, -0.1) is 0 Å². The highest BCUT2D eigenvalue weighted by atomic mass is 33.1. The van der Waals surface area contributed by atoms with E-state index in [4.69, 9.17) is 35.8 Å². The van der Waals surface area contributed by atoms with Crippen LogP contribution in [0, 0.1) is 11.8 Å². The quantitative estimate of drug-likeness (QED) is 0.0161. The number of aliphatic hydroxyl groups is 1. The van der Waals surface area contributed by atoms with E-state index in [9.17, 15) is 62.5 Å². The maximum absolute atomic E-state index is 13.5. The summed E-state index contributed by atoms with van der Waals surface area (Å²) in [5, 5.41) is 39.3. The van der Waals surface area contributed by atoms with Crippen LogP contribution in [0.2, 0.25) is 0 Å². The van der Waals surface area contributed by atoms with Gasteiger partial charge in [0, 0.05) is 49.4 Å². The van der Waals surface area contributed by atoms with Crippen molar-refractivity contribution in [2.75, 3.05) is 49.3 Å². The molecule has 3 heterocycles. The van der Waals surface area contributed by atoms with Gasteiger partial charge in [-0.2, -0.15) is 18.6 Å². The number of hydrogen-bond acceptors (Lipinski definition) is 21. The van der Waals surface area contributed by atoms with Crippen molar-refractivity contribution in [2.45, 2.75) is 81.4 Å². The highest BCUT2D eigenvalue weighted by Crippen LogP contribution is 2.66. The molecule has 2 aromatic carbocycles. The number of nitrogens with one attached hydrogen (secondary N) is 4. The van der Waals surface area contributed by atoms with Gasteiger partial charge in [-0.05, 0) is 35.1 Å². The zero-order chi connectivity index (χ0) is 58.4. The number of aliphatic carboxylic acids is 2. The van der Waals surface area contributed by atoms with Crippen LogP contribution in [-0.2, 0) is 60.3 Å². The number of rotatable bonds is 29. The number of carboxylic acid groups (broad SMARTS) is 2. The normalized spacial score (nSPS) is 18.0.